The summed E-state index contributed by atoms with van der Waals surface area (Å²) in [6, 6.07) is 4.77. The number of aryl methyl sites for hydroxylation is 1. The lowest BCUT2D eigenvalue weighted by molar-refractivity contribution is 0.0624. The van der Waals surface area contributed by atoms with E-state index in [4.69, 9.17) is 4.74 Å². The maximum atomic E-state index is 12.6. The highest BCUT2D eigenvalue weighted by molar-refractivity contribution is 7.09. The van der Waals surface area contributed by atoms with Crippen LogP contribution in [0.3, 0.4) is 0 Å². The Bertz CT molecular complexity index is 724. The average molecular weight is 347 g/mol. The number of hydrogen-bond donors (Lipinski definition) is 1. The minimum absolute atomic E-state index is 0.0419. The fourth-order valence-electron chi connectivity index (χ4n) is 2.81. The molecule has 1 aromatic heterocycles. The number of phenols is 1. The van der Waals surface area contributed by atoms with Gasteiger partial charge in [0.25, 0.3) is 5.91 Å². The van der Waals surface area contributed by atoms with E-state index in [2.05, 4.69) is 15.3 Å². The zero-order valence-corrected chi connectivity index (χ0v) is 14.7. The van der Waals surface area contributed by atoms with Crippen LogP contribution in [0.15, 0.2) is 23.6 Å². The van der Waals surface area contributed by atoms with Gasteiger partial charge in [0.2, 0.25) is 0 Å². The van der Waals surface area contributed by atoms with Crippen LogP contribution in [0.5, 0.6) is 11.5 Å². The molecule has 3 rings (SSSR count). The van der Waals surface area contributed by atoms with E-state index in [9.17, 15) is 9.90 Å². The first-order valence-corrected chi connectivity index (χ1v) is 8.74. The van der Waals surface area contributed by atoms with Crippen molar-refractivity contribution in [1.82, 2.24) is 14.8 Å². The van der Waals surface area contributed by atoms with Gasteiger partial charge in [-0.2, -0.15) is 0 Å². The van der Waals surface area contributed by atoms with Crippen LogP contribution in [-0.4, -0.2) is 59.1 Å². The Morgan fingerprint density at radius 3 is 2.67 bits per heavy atom. The van der Waals surface area contributed by atoms with Crippen molar-refractivity contribution in [2.45, 2.75) is 13.5 Å². The molecule has 1 N–H and O–H groups in total. The Labute approximate surface area is 145 Å². The second kappa shape index (κ2) is 7.19. The number of thiazole rings is 1. The van der Waals surface area contributed by atoms with E-state index >= 15 is 0 Å². The topological polar surface area (TPSA) is 65.9 Å². The molecule has 2 heterocycles. The highest BCUT2D eigenvalue weighted by Gasteiger charge is 2.24. The van der Waals surface area contributed by atoms with Crippen LogP contribution in [-0.2, 0) is 6.54 Å². The van der Waals surface area contributed by atoms with Gasteiger partial charge in [-0.05, 0) is 19.1 Å². The van der Waals surface area contributed by atoms with Crippen molar-refractivity contribution in [3.8, 4) is 11.5 Å². The summed E-state index contributed by atoms with van der Waals surface area (Å²) in [6.07, 6.45) is 0. The number of phenolic OH excluding ortho intramolecular Hbond substituents is 1. The van der Waals surface area contributed by atoms with Gasteiger partial charge < -0.3 is 14.7 Å². The van der Waals surface area contributed by atoms with Crippen molar-refractivity contribution >= 4 is 17.2 Å². The van der Waals surface area contributed by atoms with Gasteiger partial charge in [-0.25, -0.2) is 4.98 Å². The summed E-state index contributed by atoms with van der Waals surface area (Å²) in [5.41, 5.74) is 1.41. The van der Waals surface area contributed by atoms with Crippen LogP contribution in [0.1, 0.15) is 21.1 Å². The van der Waals surface area contributed by atoms with Crippen molar-refractivity contribution in [1.29, 1.82) is 0 Å². The zero-order valence-electron chi connectivity index (χ0n) is 13.9. The average Bonchev–Trinajstić information content (AvgIpc) is 2.99. The quantitative estimate of drug-likeness (QED) is 0.918. The smallest absolute Gasteiger partial charge is 0.257 e. The summed E-state index contributed by atoms with van der Waals surface area (Å²) in [7, 11) is 1.53. The lowest BCUT2D eigenvalue weighted by Crippen LogP contribution is -2.48. The second-order valence-corrected chi connectivity index (χ2v) is 6.87. The number of aromatic nitrogens is 1. The summed E-state index contributed by atoms with van der Waals surface area (Å²) in [6.45, 7) is 5.73. The van der Waals surface area contributed by atoms with E-state index in [1.165, 1.54) is 13.2 Å². The molecular formula is C17H21N3O3S. The molecule has 0 aliphatic carbocycles. The first-order valence-electron chi connectivity index (χ1n) is 7.86. The van der Waals surface area contributed by atoms with Gasteiger partial charge >= 0.3 is 0 Å². The van der Waals surface area contributed by atoms with Gasteiger partial charge in [-0.3, -0.25) is 9.69 Å². The Morgan fingerprint density at radius 1 is 1.33 bits per heavy atom. The van der Waals surface area contributed by atoms with Crippen LogP contribution in [0, 0.1) is 6.92 Å². The summed E-state index contributed by atoms with van der Waals surface area (Å²) < 4.78 is 5.05. The summed E-state index contributed by atoms with van der Waals surface area (Å²) in [4.78, 5) is 21.2. The predicted molar refractivity (Wildman–Crippen MR) is 92.7 cm³/mol. The van der Waals surface area contributed by atoms with E-state index < -0.39 is 0 Å². The van der Waals surface area contributed by atoms with E-state index in [-0.39, 0.29) is 11.7 Å². The van der Waals surface area contributed by atoms with E-state index in [1.807, 2.05) is 6.92 Å². The number of hydrogen-bond acceptors (Lipinski definition) is 6. The molecule has 0 saturated carbocycles. The largest absolute Gasteiger partial charge is 0.507 e. The predicted octanol–water partition coefficient (Wildman–Crippen LogP) is 2.12. The first kappa shape index (κ1) is 16.7. The molecule has 0 spiro atoms. The second-order valence-electron chi connectivity index (χ2n) is 5.81. The van der Waals surface area contributed by atoms with E-state index in [0.29, 0.717) is 24.4 Å². The van der Waals surface area contributed by atoms with Gasteiger partial charge in [-0.1, -0.05) is 0 Å². The number of methoxy groups -OCH3 is 1. The maximum absolute atomic E-state index is 12.6. The molecule has 2 aromatic rings. The standard InChI is InChI=1S/C17H21N3O3S/c1-12-18-13(11-24-12)10-19-5-7-20(8-6-19)17(22)15-4-3-14(23-2)9-16(15)21/h3-4,9,11,21H,5-8,10H2,1-2H3. The van der Waals surface area contributed by atoms with Crippen molar-refractivity contribution in [2.75, 3.05) is 33.3 Å². The molecule has 1 aliphatic rings. The number of benzene rings is 1. The third kappa shape index (κ3) is 3.68. The third-order valence-corrected chi connectivity index (χ3v) is 4.97. The van der Waals surface area contributed by atoms with Gasteiger partial charge in [0.15, 0.2) is 0 Å². The van der Waals surface area contributed by atoms with Crippen LogP contribution in [0.2, 0.25) is 0 Å². The first-order chi connectivity index (χ1) is 11.6. The number of carbonyl (C=O) groups is 1. The fraction of sp³-hybridized carbons (Fsp3) is 0.412. The van der Waals surface area contributed by atoms with Crippen LogP contribution in [0.4, 0.5) is 0 Å². The number of amides is 1. The van der Waals surface area contributed by atoms with Gasteiger partial charge in [0.05, 0.1) is 23.4 Å². The molecule has 0 unspecified atom stereocenters. The van der Waals surface area contributed by atoms with Crippen LogP contribution in [0.25, 0.3) is 0 Å². The monoisotopic (exact) mass is 347 g/mol. The molecule has 1 saturated heterocycles. The molecule has 1 aromatic carbocycles. The number of rotatable bonds is 4. The Kier molecular flexibility index (Phi) is 5.01. The Morgan fingerprint density at radius 2 is 2.08 bits per heavy atom. The summed E-state index contributed by atoms with van der Waals surface area (Å²) >= 11 is 1.66. The highest BCUT2D eigenvalue weighted by Crippen LogP contribution is 2.25. The van der Waals surface area contributed by atoms with Crippen molar-refractivity contribution in [3.05, 3.63) is 39.8 Å². The molecule has 6 nitrogen and oxygen atoms in total. The van der Waals surface area contributed by atoms with Crippen molar-refractivity contribution < 1.29 is 14.6 Å². The lowest BCUT2D eigenvalue weighted by Gasteiger charge is -2.34. The molecule has 1 aliphatic heterocycles. The fourth-order valence-corrected chi connectivity index (χ4v) is 3.41. The maximum Gasteiger partial charge on any atom is 0.257 e. The van der Waals surface area contributed by atoms with Gasteiger partial charge in [0.1, 0.15) is 11.5 Å². The number of ether oxygens (including phenoxy) is 1. The molecular weight excluding hydrogens is 326 g/mol. The number of aromatic hydroxyl groups is 1. The van der Waals surface area contributed by atoms with E-state index in [0.717, 1.165) is 30.3 Å². The molecule has 0 atom stereocenters. The lowest BCUT2D eigenvalue weighted by atomic mass is 10.1. The summed E-state index contributed by atoms with van der Waals surface area (Å²) in [5.74, 6) is 0.353. The molecule has 0 radical (unpaired) electrons. The summed E-state index contributed by atoms with van der Waals surface area (Å²) in [5, 5.41) is 13.2. The normalized spacial score (nSPS) is 15.5. The third-order valence-electron chi connectivity index (χ3n) is 4.15. The van der Waals surface area contributed by atoms with Crippen molar-refractivity contribution in [3.63, 3.8) is 0 Å². The van der Waals surface area contributed by atoms with E-state index in [1.54, 1.807) is 28.4 Å². The molecule has 0 bridgehead atoms. The van der Waals surface area contributed by atoms with Crippen LogP contribution < -0.4 is 4.74 Å². The zero-order chi connectivity index (χ0) is 17.1. The molecule has 128 valence electrons. The van der Waals surface area contributed by atoms with Crippen LogP contribution >= 0.6 is 11.3 Å². The Hall–Kier alpha value is -2.12. The molecule has 7 heteroatoms. The van der Waals surface area contributed by atoms with Crippen molar-refractivity contribution in [2.24, 2.45) is 0 Å². The van der Waals surface area contributed by atoms with Gasteiger partial charge in [-0.15, -0.1) is 11.3 Å². The number of piperazine rings is 1. The minimum Gasteiger partial charge on any atom is -0.507 e. The number of nitrogens with zero attached hydrogens (tertiary/aromatic N) is 3. The molecule has 24 heavy (non-hydrogen) atoms. The Balaban J connectivity index is 1.59. The SMILES string of the molecule is COc1ccc(C(=O)N2CCN(Cc3csc(C)n3)CC2)c(O)c1. The minimum atomic E-state index is -0.140. The number of carbonyl (C=O) groups excluding carboxylic acids is 1. The van der Waals surface area contributed by atoms with Gasteiger partial charge in [0, 0.05) is 44.2 Å². The highest BCUT2D eigenvalue weighted by atomic mass is 32.1. The molecule has 1 amide bonds. The molecule has 1 fully saturated rings.